The van der Waals surface area contributed by atoms with E-state index in [0.717, 1.165) is 28.9 Å². The van der Waals surface area contributed by atoms with E-state index in [9.17, 15) is 13.9 Å². The molecule has 2 aromatic heterocycles. The summed E-state index contributed by atoms with van der Waals surface area (Å²) in [6.07, 6.45) is 3.40. The molecule has 1 atom stereocenters. The van der Waals surface area contributed by atoms with Crippen molar-refractivity contribution in [2.24, 2.45) is 0 Å². The standard InChI is InChI=1S/C21H17F2N3O3S/c1-30-26-13-4-2-3-11(7-13)12-8-14-15(10-25-21(14)24-9-12)20(27)18-16(22)5-6-17(29-28)19(18)23/h2-10,20,26-28H,1H3,(H,24,25). The number of aromatic nitrogens is 2. The van der Waals surface area contributed by atoms with Crippen LogP contribution >= 0.6 is 11.9 Å². The number of benzene rings is 2. The van der Waals surface area contributed by atoms with Gasteiger partial charge in [-0.2, -0.15) is 0 Å². The fourth-order valence-corrected chi connectivity index (χ4v) is 3.68. The Kier molecular flexibility index (Phi) is 5.58. The Balaban J connectivity index is 1.80. The number of hydrogen-bond donors (Lipinski definition) is 4. The Bertz CT molecular complexity index is 1220. The summed E-state index contributed by atoms with van der Waals surface area (Å²) in [6.45, 7) is 0. The van der Waals surface area contributed by atoms with Crippen LogP contribution in [0, 0.1) is 11.6 Å². The van der Waals surface area contributed by atoms with Gasteiger partial charge in [0.25, 0.3) is 0 Å². The number of H-pyrrole nitrogens is 1. The van der Waals surface area contributed by atoms with Crippen molar-refractivity contribution in [1.29, 1.82) is 0 Å². The predicted octanol–water partition coefficient (Wildman–Crippen LogP) is 5.13. The highest BCUT2D eigenvalue weighted by atomic mass is 32.2. The average molecular weight is 429 g/mol. The molecule has 4 aromatic rings. The minimum Gasteiger partial charge on any atom is -0.383 e. The molecule has 6 nitrogen and oxygen atoms in total. The van der Waals surface area contributed by atoms with Gasteiger partial charge in [0.2, 0.25) is 5.75 Å². The summed E-state index contributed by atoms with van der Waals surface area (Å²) in [4.78, 5) is 11.2. The van der Waals surface area contributed by atoms with Gasteiger partial charge in [-0.25, -0.2) is 19.0 Å². The lowest BCUT2D eigenvalue weighted by Gasteiger charge is -2.14. The molecular formula is C21H17F2N3O3S. The Morgan fingerprint density at radius 1 is 1.17 bits per heavy atom. The highest BCUT2D eigenvalue weighted by molar-refractivity contribution is 7.99. The largest absolute Gasteiger partial charge is 0.383 e. The van der Waals surface area contributed by atoms with E-state index in [1.165, 1.54) is 18.1 Å². The van der Waals surface area contributed by atoms with Gasteiger partial charge in [-0.05, 0) is 35.9 Å². The molecule has 2 heterocycles. The summed E-state index contributed by atoms with van der Waals surface area (Å²) < 4.78 is 32.0. The topological polar surface area (TPSA) is 90.4 Å². The van der Waals surface area contributed by atoms with Crippen LogP contribution < -0.4 is 9.61 Å². The normalized spacial score (nSPS) is 12.2. The Morgan fingerprint density at radius 2 is 2.00 bits per heavy atom. The van der Waals surface area contributed by atoms with E-state index in [0.29, 0.717) is 11.0 Å². The van der Waals surface area contributed by atoms with Gasteiger partial charge >= 0.3 is 0 Å². The van der Waals surface area contributed by atoms with Crippen LogP contribution in [0.25, 0.3) is 22.2 Å². The van der Waals surface area contributed by atoms with Crippen molar-refractivity contribution >= 4 is 28.7 Å². The van der Waals surface area contributed by atoms with Crippen LogP contribution in [0.1, 0.15) is 17.2 Å². The molecule has 0 spiro atoms. The third-order valence-corrected chi connectivity index (χ3v) is 5.18. The zero-order valence-corrected chi connectivity index (χ0v) is 16.5. The summed E-state index contributed by atoms with van der Waals surface area (Å²) >= 11 is 1.47. The van der Waals surface area contributed by atoms with Gasteiger partial charge in [0, 0.05) is 40.8 Å². The number of anilines is 1. The highest BCUT2D eigenvalue weighted by Gasteiger charge is 2.26. The highest BCUT2D eigenvalue weighted by Crippen LogP contribution is 2.35. The molecule has 30 heavy (non-hydrogen) atoms. The lowest BCUT2D eigenvalue weighted by molar-refractivity contribution is -0.140. The molecule has 154 valence electrons. The molecule has 0 bridgehead atoms. The van der Waals surface area contributed by atoms with E-state index in [-0.39, 0.29) is 5.56 Å². The van der Waals surface area contributed by atoms with Crippen LogP contribution in [0.5, 0.6) is 5.75 Å². The number of aromatic amines is 1. The molecule has 0 radical (unpaired) electrons. The van der Waals surface area contributed by atoms with Crippen molar-refractivity contribution in [2.75, 3.05) is 11.0 Å². The van der Waals surface area contributed by atoms with Gasteiger partial charge in [0.1, 0.15) is 17.6 Å². The second-order valence-electron chi connectivity index (χ2n) is 6.52. The molecule has 4 N–H and O–H groups in total. The minimum atomic E-state index is -1.64. The first kappa shape index (κ1) is 20.1. The molecule has 1 unspecified atom stereocenters. The number of nitrogens with one attached hydrogen (secondary N) is 2. The van der Waals surface area contributed by atoms with Crippen molar-refractivity contribution in [2.45, 2.75) is 6.10 Å². The molecule has 0 aliphatic rings. The van der Waals surface area contributed by atoms with E-state index in [1.807, 2.05) is 30.5 Å². The van der Waals surface area contributed by atoms with E-state index in [4.69, 9.17) is 5.26 Å². The molecular weight excluding hydrogens is 412 g/mol. The molecule has 0 aliphatic carbocycles. The fraction of sp³-hybridized carbons (Fsp3) is 0.0952. The SMILES string of the molecule is CSNc1cccc(-c2cnc3[nH]cc(C(O)c4c(F)ccc(OO)c4F)c3c2)c1. The quantitative estimate of drug-likeness (QED) is 0.193. The molecule has 0 fully saturated rings. The molecule has 0 saturated heterocycles. The first-order valence-electron chi connectivity index (χ1n) is 8.87. The van der Waals surface area contributed by atoms with Crippen LogP contribution in [-0.4, -0.2) is 26.6 Å². The summed E-state index contributed by atoms with van der Waals surface area (Å²) in [7, 11) is 0. The van der Waals surface area contributed by atoms with Crippen LogP contribution in [0.4, 0.5) is 14.5 Å². The Hall–Kier alpha value is -3.14. The van der Waals surface area contributed by atoms with Crippen LogP contribution in [0.2, 0.25) is 0 Å². The number of rotatable bonds is 6. The van der Waals surface area contributed by atoms with Crippen molar-refractivity contribution in [3.05, 3.63) is 77.6 Å². The third-order valence-electron chi connectivity index (χ3n) is 4.74. The first-order valence-corrected chi connectivity index (χ1v) is 10.1. The molecule has 9 heteroatoms. The molecule has 4 rings (SSSR count). The minimum absolute atomic E-state index is 0.241. The van der Waals surface area contributed by atoms with Crippen LogP contribution in [-0.2, 0) is 0 Å². The van der Waals surface area contributed by atoms with E-state index in [1.54, 1.807) is 12.3 Å². The Labute approximate surface area is 174 Å². The van der Waals surface area contributed by atoms with Crippen LogP contribution in [0.15, 0.2) is 54.9 Å². The second kappa shape index (κ2) is 8.31. The maximum Gasteiger partial charge on any atom is 0.201 e. The zero-order chi connectivity index (χ0) is 21.3. The van der Waals surface area contributed by atoms with Gasteiger partial charge in [-0.15, -0.1) is 0 Å². The van der Waals surface area contributed by atoms with Crippen molar-refractivity contribution < 1.29 is 24.0 Å². The lowest BCUT2D eigenvalue weighted by Crippen LogP contribution is -2.07. The molecule has 0 amide bonds. The van der Waals surface area contributed by atoms with Crippen LogP contribution in [0.3, 0.4) is 0 Å². The monoisotopic (exact) mass is 429 g/mol. The average Bonchev–Trinajstić information content (AvgIpc) is 3.17. The van der Waals surface area contributed by atoms with Gasteiger partial charge < -0.3 is 19.7 Å². The summed E-state index contributed by atoms with van der Waals surface area (Å²) in [5.74, 6) is -2.73. The maximum atomic E-state index is 14.5. The van der Waals surface area contributed by atoms with Gasteiger partial charge in [0.05, 0.1) is 5.56 Å². The van der Waals surface area contributed by atoms with Crippen molar-refractivity contribution in [1.82, 2.24) is 9.97 Å². The Morgan fingerprint density at radius 3 is 2.77 bits per heavy atom. The molecule has 0 aliphatic heterocycles. The predicted molar refractivity (Wildman–Crippen MR) is 112 cm³/mol. The number of fused-ring (bicyclic) bond motifs is 1. The number of pyridine rings is 1. The number of nitrogens with zero attached hydrogens (tertiary/aromatic N) is 1. The third kappa shape index (κ3) is 3.58. The fourth-order valence-electron chi connectivity index (χ4n) is 3.31. The number of halogens is 2. The lowest BCUT2D eigenvalue weighted by atomic mass is 9.98. The van der Waals surface area contributed by atoms with Crippen molar-refractivity contribution in [3.63, 3.8) is 0 Å². The van der Waals surface area contributed by atoms with Gasteiger partial charge in [-0.1, -0.05) is 24.1 Å². The number of aliphatic hydroxyl groups is 1. The smallest absolute Gasteiger partial charge is 0.201 e. The van der Waals surface area contributed by atoms with Gasteiger partial charge in [-0.3, -0.25) is 0 Å². The molecule has 2 aromatic carbocycles. The zero-order valence-electron chi connectivity index (χ0n) is 15.7. The van der Waals surface area contributed by atoms with E-state index < -0.39 is 29.1 Å². The summed E-state index contributed by atoms with van der Waals surface area (Å²) in [5, 5.41) is 20.0. The van der Waals surface area contributed by atoms with E-state index >= 15 is 0 Å². The molecule has 0 saturated carbocycles. The van der Waals surface area contributed by atoms with E-state index in [2.05, 4.69) is 19.6 Å². The maximum absolute atomic E-state index is 14.5. The van der Waals surface area contributed by atoms with Gasteiger partial charge in [0.15, 0.2) is 5.82 Å². The number of aliphatic hydroxyl groups excluding tert-OH is 1. The second-order valence-corrected chi connectivity index (χ2v) is 7.13. The summed E-state index contributed by atoms with van der Waals surface area (Å²) in [6, 6.07) is 11.3. The van der Waals surface area contributed by atoms with Crippen molar-refractivity contribution in [3.8, 4) is 16.9 Å². The summed E-state index contributed by atoms with van der Waals surface area (Å²) in [5.41, 5.74) is 2.65. The first-order chi connectivity index (χ1) is 14.5. The number of hydrogen-bond acceptors (Lipinski definition) is 6.